The molecule has 0 saturated carbocycles. The van der Waals surface area contributed by atoms with Gasteiger partial charge in [-0.1, -0.05) is 45.0 Å². The Kier molecular flexibility index (Phi) is 5.98. The largest absolute Gasteiger partial charge is 0.478 e. The third-order valence-electron chi connectivity index (χ3n) is 5.92. The van der Waals surface area contributed by atoms with Crippen molar-refractivity contribution in [3.05, 3.63) is 77.4 Å². The molecule has 0 atom stereocenters. The van der Waals surface area contributed by atoms with Gasteiger partial charge in [0.25, 0.3) is 5.91 Å². The molecule has 0 fully saturated rings. The van der Waals surface area contributed by atoms with Gasteiger partial charge in [-0.2, -0.15) is 0 Å². The van der Waals surface area contributed by atoms with Crippen molar-refractivity contribution in [1.29, 1.82) is 0 Å². The van der Waals surface area contributed by atoms with Gasteiger partial charge in [-0.15, -0.1) is 0 Å². The number of carbonyl (C=O) groups is 1. The Morgan fingerprint density at radius 3 is 2.29 bits per heavy atom. The fraction of sp³-hybridized carbons (Fsp3) is 0.310. The number of hydrogen-bond acceptors (Lipinski definition) is 4. The number of anilines is 1. The summed E-state index contributed by atoms with van der Waals surface area (Å²) in [6.45, 7) is 14.0. The first-order chi connectivity index (χ1) is 15.9. The van der Waals surface area contributed by atoms with E-state index in [9.17, 15) is 4.79 Å². The van der Waals surface area contributed by atoms with Gasteiger partial charge >= 0.3 is 0 Å². The molecule has 34 heavy (non-hydrogen) atoms. The molecule has 0 unspecified atom stereocenters. The minimum absolute atomic E-state index is 0.0570. The Hall–Kier alpha value is -3.60. The van der Waals surface area contributed by atoms with Crippen LogP contribution in [0.25, 0.3) is 22.6 Å². The molecule has 1 amide bonds. The van der Waals surface area contributed by atoms with Crippen LogP contribution in [0, 0.1) is 13.8 Å². The summed E-state index contributed by atoms with van der Waals surface area (Å²) in [5, 5.41) is 3.03. The number of ether oxygens (including phenoxy) is 1. The number of hydrogen-bond donors (Lipinski definition) is 1. The second-order valence-electron chi connectivity index (χ2n) is 10.4. The molecule has 0 aliphatic carbocycles. The Morgan fingerprint density at radius 1 is 0.912 bits per heavy atom. The van der Waals surface area contributed by atoms with Crippen molar-refractivity contribution in [3.63, 3.8) is 0 Å². The van der Waals surface area contributed by atoms with E-state index in [1.807, 2.05) is 74.5 Å². The number of benzene rings is 3. The molecule has 0 saturated heterocycles. The van der Waals surface area contributed by atoms with Crippen LogP contribution >= 0.6 is 0 Å². The molecule has 0 aliphatic heterocycles. The number of rotatable bonds is 5. The van der Waals surface area contributed by atoms with Crippen LogP contribution in [-0.2, 0) is 10.2 Å². The van der Waals surface area contributed by atoms with Crippen molar-refractivity contribution in [2.75, 3.05) is 5.32 Å². The zero-order chi connectivity index (χ0) is 24.7. The second-order valence-corrected chi connectivity index (χ2v) is 10.4. The van der Waals surface area contributed by atoms with Crippen LogP contribution in [0.1, 0.15) is 51.3 Å². The third kappa shape index (κ3) is 4.98. The Morgan fingerprint density at radius 2 is 1.62 bits per heavy atom. The van der Waals surface area contributed by atoms with Crippen molar-refractivity contribution in [2.24, 2.45) is 0 Å². The van der Waals surface area contributed by atoms with E-state index in [-0.39, 0.29) is 11.3 Å². The van der Waals surface area contributed by atoms with Gasteiger partial charge in [-0.25, -0.2) is 4.98 Å². The van der Waals surface area contributed by atoms with Gasteiger partial charge in [0.15, 0.2) is 11.2 Å². The van der Waals surface area contributed by atoms with Gasteiger partial charge in [-0.05, 0) is 86.2 Å². The summed E-state index contributed by atoms with van der Waals surface area (Å²) in [6.07, 6.45) is 0. The molecule has 4 aromatic rings. The summed E-state index contributed by atoms with van der Waals surface area (Å²) < 4.78 is 12.0. The van der Waals surface area contributed by atoms with Crippen molar-refractivity contribution < 1.29 is 13.9 Å². The molecule has 0 radical (unpaired) electrons. The third-order valence-corrected chi connectivity index (χ3v) is 5.92. The summed E-state index contributed by atoms with van der Waals surface area (Å²) in [6, 6.07) is 19.6. The highest BCUT2D eigenvalue weighted by atomic mass is 16.5. The average Bonchev–Trinajstić information content (AvgIpc) is 3.18. The molecule has 5 nitrogen and oxygen atoms in total. The molecule has 3 aromatic carbocycles. The lowest BCUT2D eigenvalue weighted by Gasteiger charge is -2.26. The molecule has 0 spiro atoms. The molecule has 5 heteroatoms. The average molecular weight is 457 g/mol. The highest BCUT2D eigenvalue weighted by molar-refractivity contribution is 5.98. The van der Waals surface area contributed by atoms with Crippen molar-refractivity contribution in [1.82, 2.24) is 4.98 Å². The first kappa shape index (κ1) is 23.6. The summed E-state index contributed by atoms with van der Waals surface area (Å²) in [5.74, 6) is 0.937. The Balaban J connectivity index is 1.53. The number of nitrogens with one attached hydrogen (secondary N) is 1. The molecule has 1 aromatic heterocycles. The predicted molar refractivity (Wildman–Crippen MR) is 137 cm³/mol. The van der Waals surface area contributed by atoms with Crippen molar-refractivity contribution in [2.45, 2.75) is 59.5 Å². The summed E-state index contributed by atoms with van der Waals surface area (Å²) in [4.78, 5) is 17.8. The first-order valence-corrected chi connectivity index (χ1v) is 11.5. The standard InChI is InChI=1S/C29H32N2O3/c1-18-8-15-25-24(16-18)30-26(33-25)20-10-9-19(2)23(17-20)31-27(32)29(6,7)34-22-13-11-21(12-14-22)28(3,4)5/h8-17H,1-7H3,(H,31,32). The highest BCUT2D eigenvalue weighted by Gasteiger charge is 2.30. The summed E-state index contributed by atoms with van der Waals surface area (Å²) in [5.41, 5.74) is 5.30. The number of aryl methyl sites for hydroxylation is 2. The van der Waals surface area contributed by atoms with Crippen LogP contribution < -0.4 is 10.1 Å². The van der Waals surface area contributed by atoms with E-state index in [2.05, 4.69) is 31.1 Å². The molecular weight excluding hydrogens is 424 g/mol. The number of fused-ring (bicyclic) bond motifs is 1. The van der Waals surface area contributed by atoms with Gasteiger partial charge in [0, 0.05) is 11.3 Å². The van der Waals surface area contributed by atoms with Crippen LogP contribution in [0.2, 0.25) is 0 Å². The number of oxazole rings is 1. The van der Waals surface area contributed by atoms with E-state index in [0.29, 0.717) is 17.3 Å². The summed E-state index contributed by atoms with van der Waals surface area (Å²) >= 11 is 0. The second kappa shape index (κ2) is 8.64. The van der Waals surface area contributed by atoms with Crippen molar-refractivity contribution in [3.8, 4) is 17.2 Å². The molecule has 1 N–H and O–H groups in total. The molecule has 0 aliphatic rings. The van der Waals surface area contributed by atoms with E-state index in [0.717, 1.165) is 27.8 Å². The van der Waals surface area contributed by atoms with Crippen molar-refractivity contribution >= 4 is 22.7 Å². The lowest BCUT2D eigenvalue weighted by molar-refractivity contribution is -0.128. The van der Waals surface area contributed by atoms with Gasteiger partial charge in [0.2, 0.25) is 5.89 Å². The van der Waals surface area contributed by atoms with Gasteiger partial charge in [0.1, 0.15) is 11.3 Å². The SMILES string of the molecule is Cc1ccc2oc(-c3ccc(C)c(NC(=O)C(C)(C)Oc4ccc(C(C)(C)C)cc4)c3)nc2c1. The smallest absolute Gasteiger partial charge is 0.267 e. The van der Waals surface area contributed by atoms with E-state index in [1.54, 1.807) is 13.8 Å². The lowest BCUT2D eigenvalue weighted by atomic mass is 9.87. The predicted octanol–water partition coefficient (Wildman–Crippen LogP) is 7.21. The molecule has 1 heterocycles. The highest BCUT2D eigenvalue weighted by Crippen LogP contribution is 2.30. The molecule has 176 valence electrons. The minimum atomic E-state index is -1.07. The van der Waals surface area contributed by atoms with Crippen LogP contribution in [0.5, 0.6) is 5.75 Å². The maximum Gasteiger partial charge on any atom is 0.267 e. The Bertz CT molecular complexity index is 1340. The molecule has 4 rings (SSSR count). The van der Waals surface area contributed by atoms with E-state index in [4.69, 9.17) is 9.15 Å². The maximum atomic E-state index is 13.2. The quantitative estimate of drug-likeness (QED) is 0.345. The van der Waals surface area contributed by atoms with Crippen LogP contribution in [0.15, 0.2) is 65.1 Å². The van der Waals surface area contributed by atoms with Crippen LogP contribution in [0.3, 0.4) is 0 Å². The zero-order valence-electron chi connectivity index (χ0n) is 20.9. The molecule has 0 bridgehead atoms. The van der Waals surface area contributed by atoms with Gasteiger partial charge < -0.3 is 14.5 Å². The van der Waals surface area contributed by atoms with Gasteiger partial charge in [-0.3, -0.25) is 4.79 Å². The fourth-order valence-corrected chi connectivity index (χ4v) is 3.69. The van der Waals surface area contributed by atoms with Crippen LogP contribution in [-0.4, -0.2) is 16.5 Å². The van der Waals surface area contributed by atoms with Crippen LogP contribution in [0.4, 0.5) is 5.69 Å². The Labute approximate surface area is 201 Å². The first-order valence-electron chi connectivity index (χ1n) is 11.5. The van der Waals surface area contributed by atoms with Gasteiger partial charge in [0.05, 0.1) is 0 Å². The van der Waals surface area contributed by atoms with E-state index >= 15 is 0 Å². The number of amides is 1. The fourth-order valence-electron chi connectivity index (χ4n) is 3.69. The lowest BCUT2D eigenvalue weighted by Crippen LogP contribution is -2.42. The monoisotopic (exact) mass is 456 g/mol. The summed E-state index contributed by atoms with van der Waals surface area (Å²) in [7, 11) is 0. The normalized spacial score (nSPS) is 12.1. The number of aromatic nitrogens is 1. The van der Waals surface area contributed by atoms with E-state index in [1.165, 1.54) is 5.56 Å². The zero-order valence-corrected chi connectivity index (χ0v) is 20.9. The maximum absolute atomic E-state index is 13.2. The number of carbonyl (C=O) groups excluding carboxylic acids is 1. The number of nitrogens with zero attached hydrogens (tertiary/aromatic N) is 1. The topological polar surface area (TPSA) is 64.4 Å². The molecular formula is C29H32N2O3. The van der Waals surface area contributed by atoms with E-state index < -0.39 is 5.60 Å². The minimum Gasteiger partial charge on any atom is -0.478 e.